The molecule has 22 heavy (non-hydrogen) atoms. The molecule has 0 spiro atoms. The summed E-state index contributed by atoms with van der Waals surface area (Å²) in [6.45, 7) is -0.321. The minimum atomic E-state index is -1.12. The van der Waals surface area contributed by atoms with Crippen LogP contribution in [0.4, 0.5) is 0 Å². The number of benzene rings is 1. The minimum Gasteiger partial charge on any atom is -0.478 e. The molecule has 0 atom stereocenters. The van der Waals surface area contributed by atoms with E-state index in [-0.39, 0.29) is 29.3 Å². The number of carbonyl (C=O) groups is 2. The van der Waals surface area contributed by atoms with Gasteiger partial charge < -0.3 is 15.1 Å². The predicted molar refractivity (Wildman–Crippen MR) is 80.6 cm³/mol. The van der Waals surface area contributed by atoms with E-state index in [1.165, 1.54) is 23.2 Å². The van der Waals surface area contributed by atoms with E-state index in [0.29, 0.717) is 11.1 Å². The van der Waals surface area contributed by atoms with Crippen LogP contribution in [0.2, 0.25) is 0 Å². The second-order valence-corrected chi connectivity index (χ2v) is 4.90. The third-order valence-electron chi connectivity index (χ3n) is 3.23. The summed E-state index contributed by atoms with van der Waals surface area (Å²) < 4.78 is 0. The summed E-state index contributed by atoms with van der Waals surface area (Å²) in [5, 5.41) is 18.8. The maximum Gasteiger partial charge on any atom is 0.337 e. The first kappa shape index (κ1) is 15.7. The van der Waals surface area contributed by atoms with Crippen LogP contribution in [0.25, 0.3) is 11.3 Å². The van der Waals surface area contributed by atoms with E-state index in [1.54, 1.807) is 32.3 Å². The standard InChI is InChI=1S/C16H16N2O4/c1-18(2)15(20)13-10(9-19)5-3-6-11(13)14-12(16(21)22)7-4-8-17-14/h3-8,19H,9H2,1-2H3,(H,21,22). The van der Waals surface area contributed by atoms with Gasteiger partial charge in [0.2, 0.25) is 0 Å². The summed E-state index contributed by atoms with van der Waals surface area (Å²) in [6.07, 6.45) is 1.47. The Kier molecular flexibility index (Phi) is 4.53. The van der Waals surface area contributed by atoms with Crippen molar-refractivity contribution in [1.29, 1.82) is 0 Å². The number of aromatic nitrogens is 1. The van der Waals surface area contributed by atoms with Crippen LogP contribution < -0.4 is 0 Å². The highest BCUT2D eigenvalue weighted by Gasteiger charge is 2.22. The van der Waals surface area contributed by atoms with E-state index in [0.717, 1.165) is 0 Å². The molecule has 1 amide bonds. The first-order chi connectivity index (χ1) is 10.5. The normalized spacial score (nSPS) is 10.3. The van der Waals surface area contributed by atoms with E-state index in [2.05, 4.69) is 4.98 Å². The largest absolute Gasteiger partial charge is 0.478 e. The van der Waals surface area contributed by atoms with E-state index in [4.69, 9.17) is 0 Å². The van der Waals surface area contributed by atoms with Crippen molar-refractivity contribution in [2.45, 2.75) is 6.61 Å². The van der Waals surface area contributed by atoms with Gasteiger partial charge in [0.1, 0.15) is 0 Å². The van der Waals surface area contributed by atoms with Crippen LogP contribution in [-0.4, -0.2) is 46.1 Å². The van der Waals surface area contributed by atoms with Crippen molar-refractivity contribution in [2.75, 3.05) is 14.1 Å². The summed E-state index contributed by atoms with van der Waals surface area (Å²) in [4.78, 5) is 29.3. The second kappa shape index (κ2) is 6.36. The van der Waals surface area contributed by atoms with Crippen molar-refractivity contribution in [1.82, 2.24) is 9.88 Å². The highest BCUT2D eigenvalue weighted by Crippen LogP contribution is 2.28. The van der Waals surface area contributed by atoms with Crippen molar-refractivity contribution < 1.29 is 19.8 Å². The highest BCUT2D eigenvalue weighted by atomic mass is 16.4. The van der Waals surface area contributed by atoms with Crippen molar-refractivity contribution in [3.05, 3.63) is 53.2 Å². The van der Waals surface area contributed by atoms with E-state index in [9.17, 15) is 19.8 Å². The number of rotatable bonds is 4. The molecule has 1 heterocycles. The molecular formula is C16H16N2O4. The Hall–Kier alpha value is -2.73. The number of carbonyl (C=O) groups excluding carboxylic acids is 1. The summed E-state index contributed by atoms with van der Waals surface area (Å²) in [6, 6.07) is 7.87. The molecule has 0 fully saturated rings. The van der Waals surface area contributed by atoms with Gasteiger partial charge in [0.15, 0.2) is 0 Å². The number of aromatic carboxylic acids is 1. The van der Waals surface area contributed by atoms with Crippen molar-refractivity contribution in [2.24, 2.45) is 0 Å². The molecule has 0 bridgehead atoms. The quantitative estimate of drug-likeness (QED) is 0.895. The molecule has 2 N–H and O–H groups in total. The summed E-state index contributed by atoms with van der Waals surface area (Å²) in [5.74, 6) is -1.44. The molecule has 0 aliphatic rings. The lowest BCUT2D eigenvalue weighted by molar-refractivity contribution is 0.0696. The second-order valence-electron chi connectivity index (χ2n) is 4.90. The molecule has 1 aromatic heterocycles. The van der Waals surface area contributed by atoms with E-state index >= 15 is 0 Å². The molecule has 0 saturated carbocycles. The number of aliphatic hydroxyl groups excluding tert-OH is 1. The maximum atomic E-state index is 12.4. The summed E-state index contributed by atoms with van der Waals surface area (Å²) in [5.41, 5.74) is 1.29. The Bertz CT molecular complexity index is 726. The monoisotopic (exact) mass is 300 g/mol. The fourth-order valence-electron chi connectivity index (χ4n) is 2.20. The van der Waals surface area contributed by atoms with Gasteiger partial charge in [0, 0.05) is 25.9 Å². The van der Waals surface area contributed by atoms with Crippen LogP contribution in [0, 0.1) is 0 Å². The van der Waals surface area contributed by atoms with Crippen LogP contribution in [0.15, 0.2) is 36.5 Å². The molecular weight excluding hydrogens is 284 g/mol. The van der Waals surface area contributed by atoms with Gasteiger partial charge in [-0.1, -0.05) is 18.2 Å². The molecule has 6 nitrogen and oxygen atoms in total. The molecule has 2 rings (SSSR count). The average Bonchev–Trinajstić information content (AvgIpc) is 2.53. The Labute approximate surface area is 127 Å². The Morgan fingerprint density at radius 3 is 2.50 bits per heavy atom. The molecule has 0 saturated heterocycles. The SMILES string of the molecule is CN(C)C(=O)c1c(CO)cccc1-c1ncccc1C(=O)O. The predicted octanol–water partition coefficient (Wildman–Crippen LogP) is 1.64. The van der Waals surface area contributed by atoms with Gasteiger partial charge in [-0.15, -0.1) is 0 Å². The first-order valence-corrected chi connectivity index (χ1v) is 6.60. The number of aliphatic hydroxyl groups is 1. The minimum absolute atomic E-state index is 0.00500. The van der Waals surface area contributed by atoms with Crippen LogP contribution in [-0.2, 0) is 6.61 Å². The maximum absolute atomic E-state index is 12.4. The number of nitrogens with zero attached hydrogens (tertiary/aromatic N) is 2. The van der Waals surface area contributed by atoms with Crippen LogP contribution in [0.3, 0.4) is 0 Å². The smallest absolute Gasteiger partial charge is 0.337 e. The van der Waals surface area contributed by atoms with Crippen molar-refractivity contribution >= 4 is 11.9 Å². The zero-order chi connectivity index (χ0) is 16.3. The van der Waals surface area contributed by atoms with Gasteiger partial charge in [-0.2, -0.15) is 0 Å². The van der Waals surface area contributed by atoms with Gasteiger partial charge in [0.25, 0.3) is 5.91 Å². The fraction of sp³-hybridized carbons (Fsp3) is 0.188. The van der Waals surface area contributed by atoms with Gasteiger partial charge in [-0.25, -0.2) is 4.79 Å². The lowest BCUT2D eigenvalue weighted by Crippen LogP contribution is -2.24. The first-order valence-electron chi connectivity index (χ1n) is 6.60. The molecule has 0 aliphatic carbocycles. The number of carboxylic acid groups (broad SMARTS) is 1. The van der Waals surface area contributed by atoms with Crippen molar-refractivity contribution in [3.8, 4) is 11.3 Å². The number of hydrogen-bond acceptors (Lipinski definition) is 4. The summed E-state index contributed by atoms with van der Waals surface area (Å²) in [7, 11) is 3.19. The van der Waals surface area contributed by atoms with Crippen LogP contribution in [0.1, 0.15) is 26.3 Å². The number of hydrogen-bond donors (Lipinski definition) is 2. The van der Waals surface area contributed by atoms with Gasteiger partial charge in [-0.05, 0) is 17.7 Å². The van der Waals surface area contributed by atoms with Crippen molar-refractivity contribution in [3.63, 3.8) is 0 Å². The highest BCUT2D eigenvalue weighted by molar-refractivity contribution is 6.04. The number of pyridine rings is 1. The zero-order valence-corrected chi connectivity index (χ0v) is 12.3. The lowest BCUT2D eigenvalue weighted by atomic mass is 9.95. The van der Waals surface area contributed by atoms with Gasteiger partial charge >= 0.3 is 5.97 Å². The van der Waals surface area contributed by atoms with E-state index < -0.39 is 5.97 Å². The van der Waals surface area contributed by atoms with Gasteiger partial charge in [-0.3, -0.25) is 9.78 Å². The number of carboxylic acids is 1. The third-order valence-corrected chi connectivity index (χ3v) is 3.23. The molecule has 0 radical (unpaired) electrons. The molecule has 6 heteroatoms. The fourth-order valence-corrected chi connectivity index (χ4v) is 2.20. The number of amides is 1. The lowest BCUT2D eigenvalue weighted by Gasteiger charge is -2.17. The van der Waals surface area contributed by atoms with E-state index in [1.807, 2.05) is 0 Å². The molecule has 1 aromatic carbocycles. The average molecular weight is 300 g/mol. The summed E-state index contributed by atoms with van der Waals surface area (Å²) >= 11 is 0. The van der Waals surface area contributed by atoms with Gasteiger partial charge in [0.05, 0.1) is 23.4 Å². The van der Waals surface area contributed by atoms with Crippen LogP contribution in [0.5, 0.6) is 0 Å². The Balaban J connectivity index is 2.77. The molecule has 2 aromatic rings. The third kappa shape index (κ3) is 2.82. The molecule has 114 valence electrons. The van der Waals surface area contributed by atoms with Crippen LogP contribution >= 0.6 is 0 Å². The Morgan fingerprint density at radius 1 is 1.18 bits per heavy atom. The molecule has 0 unspecified atom stereocenters. The topological polar surface area (TPSA) is 90.7 Å². The molecule has 0 aliphatic heterocycles. The Morgan fingerprint density at radius 2 is 1.91 bits per heavy atom. The zero-order valence-electron chi connectivity index (χ0n) is 12.3.